The summed E-state index contributed by atoms with van der Waals surface area (Å²) >= 11 is 0. The van der Waals surface area contributed by atoms with E-state index in [2.05, 4.69) is 10.5 Å². The Balaban J connectivity index is 2.23. The highest BCUT2D eigenvalue weighted by Gasteiger charge is 2.48. The number of nitrogens with zero attached hydrogens (tertiary/aromatic N) is 2. The van der Waals surface area contributed by atoms with Crippen molar-refractivity contribution in [3.8, 4) is 0 Å². The maximum absolute atomic E-state index is 13.1. The van der Waals surface area contributed by atoms with Gasteiger partial charge in [-0.3, -0.25) is 9.59 Å². The SMILES string of the molecule is CC(=O)N[C@@H]1CC[C@H](C(F)(F)F)N(C(=O)c2cc(C)on2)C1. The molecule has 1 aliphatic heterocycles. The summed E-state index contributed by atoms with van der Waals surface area (Å²) in [6.45, 7) is 2.61. The second kappa shape index (κ2) is 5.98. The van der Waals surface area contributed by atoms with Crippen LogP contribution in [0, 0.1) is 6.92 Å². The van der Waals surface area contributed by atoms with Crippen molar-refractivity contribution in [1.82, 2.24) is 15.4 Å². The van der Waals surface area contributed by atoms with Gasteiger partial charge in [-0.1, -0.05) is 5.16 Å². The van der Waals surface area contributed by atoms with Gasteiger partial charge in [0, 0.05) is 25.6 Å². The minimum absolute atomic E-state index is 0.158. The Morgan fingerprint density at radius 2 is 2.09 bits per heavy atom. The Bertz CT molecular complexity index is 570. The van der Waals surface area contributed by atoms with Gasteiger partial charge < -0.3 is 14.7 Å². The fourth-order valence-electron chi connectivity index (χ4n) is 2.56. The van der Waals surface area contributed by atoms with E-state index in [1.807, 2.05) is 0 Å². The number of piperidine rings is 1. The van der Waals surface area contributed by atoms with Gasteiger partial charge in [0.2, 0.25) is 5.91 Å². The number of hydrogen-bond acceptors (Lipinski definition) is 4. The normalized spacial score (nSPS) is 22.5. The molecule has 2 amide bonds. The molecule has 0 spiro atoms. The fourth-order valence-corrected chi connectivity index (χ4v) is 2.56. The predicted octanol–water partition coefficient (Wildman–Crippen LogP) is 1.65. The van der Waals surface area contributed by atoms with Crippen LogP contribution in [0.15, 0.2) is 10.6 Å². The molecule has 1 aromatic heterocycles. The Kier molecular flexibility index (Phi) is 4.43. The molecule has 2 heterocycles. The average Bonchev–Trinajstić information content (AvgIpc) is 2.82. The van der Waals surface area contributed by atoms with Crippen LogP contribution in [0.4, 0.5) is 13.2 Å². The van der Waals surface area contributed by atoms with Gasteiger partial charge in [-0.25, -0.2) is 0 Å². The van der Waals surface area contributed by atoms with Crippen molar-refractivity contribution in [2.24, 2.45) is 0 Å². The largest absolute Gasteiger partial charge is 0.408 e. The van der Waals surface area contributed by atoms with Crippen LogP contribution in [0.25, 0.3) is 0 Å². The molecule has 1 aromatic rings. The van der Waals surface area contributed by atoms with Gasteiger partial charge in [-0.2, -0.15) is 13.2 Å². The molecule has 2 atom stereocenters. The number of halogens is 3. The number of aryl methyl sites for hydroxylation is 1. The van der Waals surface area contributed by atoms with E-state index < -0.39 is 24.2 Å². The first kappa shape index (κ1) is 16.3. The van der Waals surface area contributed by atoms with E-state index in [1.54, 1.807) is 6.92 Å². The zero-order chi connectivity index (χ0) is 16.5. The first-order valence-electron chi connectivity index (χ1n) is 6.76. The Morgan fingerprint density at radius 1 is 1.41 bits per heavy atom. The lowest BCUT2D eigenvalue weighted by molar-refractivity contribution is -0.184. The van der Waals surface area contributed by atoms with Crippen LogP contribution in [0.5, 0.6) is 0 Å². The number of alkyl halides is 3. The zero-order valence-corrected chi connectivity index (χ0v) is 12.1. The molecule has 0 aliphatic carbocycles. The smallest absolute Gasteiger partial charge is 0.361 e. The Morgan fingerprint density at radius 3 is 2.59 bits per heavy atom. The molecular weight excluding hydrogens is 303 g/mol. The summed E-state index contributed by atoms with van der Waals surface area (Å²) in [6, 6.07) is -1.10. The lowest BCUT2D eigenvalue weighted by atomic mass is 9.97. The molecule has 2 rings (SSSR count). The standard InChI is InChI=1S/C13H16F3N3O3/c1-7-5-10(18-22-7)12(21)19-6-9(17-8(2)20)3-4-11(19)13(14,15)16/h5,9,11H,3-4,6H2,1-2H3,(H,17,20)/t9-,11-/m1/s1. The van der Waals surface area contributed by atoms with Gasteiger partial charge in [0.15, 0.2) is 5.69 Å². The third-order valence-electron chi connectivity index (χ3n) is 3.48. The molecule has 1 saturated heterocycles. The number of carbonyl (C=O) groups excluding carboxylic acids is 2. The highest BCUT2D eigenvalue weighted by atomic mass is 19.4. The molecule has 22 heavy (non-hydrogen) atoms. The summed E-state index contributed by atoms with van der Waals surface area (Å²) in [5, 5.41) is 6.02. The third kappa shape index (κ3) is 3.58. The molecule has 0 aromatic carbocycles. The van der Waals surface area contributed by atoms with Gasteiger partial charge in [0.25, 0.3) is 5.91 Å². The van der Waals surface area contributed by atoms with Gasteiger partial charge in [0.05, 0.1) is 0 Å². The van der Waals surface area contributed by atoms with Crippen LogP contribution in [-0.2, 0) is 4.79 Å². The van der Waals surface area contributed by atoms with Crippen molar-refractivity contribution < 1.29 is 27.3 Å². The van der Waals surface area contributed by atoms with Gasteiger partial charge in [-0.05, 0) is 19.8 Å². The molecule has 122 valence electrons. The monoisotopic (exact) mass is 319 g/mol. The van der Waals surface area contributed by atoms with E-state index in [0.29, 0.717) is 10.7 Å². The number of amides is 2. The maximum atomic E-state index is 13.1. The summed E-state index contributed by atoms with van der Waals surface area (Å²) in [6.07, 6.45) is -4.64. The predicted molar refractivity (Wildman–Crippen MR) is 69.0 cm³/mol. The molecule has 1 fully saturated rings. The van der Waals surface area contributed by atoms with Crippen molar-refractivity contribution in [2.75, 3.05) is 6.54 Å². The number of likely N-dealkylation sites (tertiary alicyclic amines) is 1. The van der Waals surface area contributed by atoms with Crippen molar-refractivity contribution in [3.05, 3.63) is 17.5 Å². The molecule has 0 radical (unpaired) electrons. The van der Waals surface area contributed by atoms with E-state index in [-0.39, 0.29) is 31.0 Å². The summed E-state index contributed by atoms with van der Waals surface area (Å²) in [5.74, 6) is -0.864. The molecule has 1 aliphatic rings. The first-order chi connectivity index (χ1) is 10.2. The average molecular weight is 319 g/mol. The quantitative estimate of drug-likeness (QED) is 0.899. The molecule has 9 heteroatoms. The van der Waals surface area contributed by atoms with Crippen LogP contribution in [0.1, 0.15) is 36.0 Å². The molecular formula is C13H16F3N3O3. The van der Waals surface area contributed by atoms with E-state index >= 15 is 0 Å². The summed E-state index contributed by atoms with van der Waals surface area (Å²) in [7, 11) is 0. The number of nitrogens with one attached hydrogen (secondary N) is 1. The Hall–Kier alpha value is -2.06. The van der Waals surface area contributed by atoms with Gasteiger partial charge in [-0.15, -0.1) is 0 Å². The van der Waals surface area contributed by atoms with E-state index in [1.165, 1.54) is 13.0 Å². The number of hydrogen-bond donors (Lipinski definition) is 1. The Labute approximate surface area is 124 Å². The molecule has 0 saturated carbocycles. The second-order valence-electron chi connectivity index (χ2n) is 5.31. The minimum atomic E-state index is -4.53. The van der Waals surface area contributed by atoms with Crippen molar-refractivity contribution >= 4 is 11.8 Å². The van der Waals surface area contributed by atoms with Crippen LogP contribution < -0.4 is 5.32 Å². The van der Waals surface area contributed by atoms with Crippen LogP contribution in [0.3, 0.4) is 0 Å². The topological polar surface area (TPSA) is 75.4 Å². The van der Waals surface area contributed by atoms with E-state index in [4.69, 9.17) is 4.52 Å². The third-order valence-corrected chi connectivity index (χ3v) is 3.48. The van der Waals surface area contributed by atoms with Gasteiger partial charge >= 0.3 is 6.18 Å². The summed E-state index contributed by atoms with van der Waals surface area (Å²) in [5.41, 5.74) is -0.171. The van der Waals surface area contributed by atoms with Crippen LogP contribution in [0.2, 0.25) is 0 Å². The van der Waals surface area contributed by atoms with Crippen LogP contribution in [-0.4, -0.2) is 46.7 Å². The number of rotatable bonds is 2. The molecule has 0 unspecified atom stereocenters. The lowest BCUT2D eigenvalue weighted by Gasteiger charge is -2.40. The summed E-state index contributed by atoms with van der Waals surface area (Å²) < 4.78 is 44.2. The van der Waals surface area contributed by atoms with Crippen molar-refractivity contribution in [2.45, 2.75) is 44.9 Å². The van der Waals surface area contributed by atoms with E-state index in [0.717, 1.165) is 0 Å². The van der Waals surface area contributed by atoms with Crippen molar-refractivity contribution in [1.29, 1.82) is 0 Å². The highest BCUT2D eigenvalue weighted by molar-refractivity contribution is 5.92. The minimum Gasteiger partial charge on any atom is -0.361 e. The molecule has 6 nitrogen and oxygen atoms in total. The summed E-state index contributed by atoms with van der Waals surface area (Å²) in [4.78, 5) is 24.1. The number of carbonyl (C=O) groups is 2. The van der Waals surface area contributed by atoms with Crippen LogP contribution >= 0.6 is 0 Å². The highest BCUT2D eigenvalue weighted by Crippen LogP contribution is 2.32. The fraction of sp³-hybridized carbons (Fsp3) is 0.615. The van der Waals surface area contributed by atoms with Crippen molar-refractivity contribution in [3.63, 3.8) is 0 Å². The maximum Gasteiger partial charge on any atom is 0.408 e. The van der Waals surface area contributed by atoms with E-state index in [9.17, 15) is 22.8 Å². The zero-order valence-electron chi connectivity index (χ0n) is 12.1. The second-order valence-corrected chi connectivity index (χ2v) is 5.31. The number of aromatic nitrogens is 1. The lowest BCUT2D eigenvalue weighted by Crippen LogP contribution is -2.58. The molecule has 0 bridgehead atoms. The van der Waals surface area contributed by atoms with Gasteiger partial charge in [0.1, 0.15) is 11.8 Å². The first-order valence-corrected chi connectivity index (χ1v) is 6.76. The molecule has 1 N–H and O–H groups in total.